The molecule has 0 aliphatic heterocycles. The summed E-state index contributed by atoms with van der Waals surface area (Å²) in [6, 6.07) is 9.96. The van der Waals surface area contributed by atoms with Crippen LogP contribution in [0.1, 0.15) is 18.0 Å². The first-order valence-electron chi connectivity index (χ1n) is 4.42. The van der Waals surface area contributed by atoms with Gasteiger partial charge in [0.15, 0.2) is 0 Å². The third-order valence-electron chi connectivity index (χ3n) is 1.85. The van der Waals surface area contributed by atoms with E-state index in [0.29, 0.717) is 0 Å². The summed E-state index contributed by atoms with van der Waals surface area (Å²) in [6.07, 6.45) is 0. The molecule has 2 N–H and O–H groups in total. The quantitative estimate of drug-likeness (QED) is 0.818. The van der Waals surface area contributed by atoms with Gasteiger partial charge in [0.1, 0.15) is 10.0 Å². The largest absolute Gasteiger partial charge is 0.322 e. The summed E-state index contributed by atoms with van der Waals surface area (Å²) >= 11 is 1.55. The highest BCUT2D eigenvalue weighted by Crippen LogP contribution is 2.25. The smallest absolute Gasteiger partial charge is 0.147 e. The van der Waals surface area contributed by atoms with Crippen LogP contribution in [0.3, 0.4) is 0 Å². The Morgan fingerprint density at radius 1 is 1.21 bits per heavy atom. The highest BCUT2D eigenvalue weighted by atomic mass is 32.1. The zero-order chi connectivity index (χ0) is 9.97. The molecule has 0 saturated carbocycles. The van der Waals surface area contributed by atoms with E-state index in [0.717, 1.165) is 15.6 Å². The lowest BCUT2D eigenvalue weighted by molar-refractivity contribution is 0.786. The number of benzene rings is 1. The Balaban J connectivity index is 2.34. The van der Waals surface area contributed by atoms with Crippen molar-refractivity contribution in [3.05, 3.63) is 35.3 Å². The van der Waals surface area contributed by atoms with E-state index in [1.807, 2.05) is 37.3 Å². The molecule has 0 radical (unpaired) electrons. The third-order valence-corrected chi connectivity index (χ3v) is 3.02. The number of nitrogens with zero attached hydrogens (tertiary/aromatic N) is 2. The van der Waals surface area contributed by atoms with E-state index in [1.165, 1.54) is 0 Å². The van der Waals surface area contributed by atoms with Gasteiger partial charge in [-0.2, -0.15) is 0 Å². The Kier molecular flexibility index (Phi) is 2.56. The molecule has 0 saturated heterocycles. The van der Waals surface area contributed by atoms with Crippen LogP contribution in [0, 0.1) is 0 Å². The van der Waals surface area contributed by atoms with E-state index in [4.69, 9.17) is 5.73 Å². The number of aromatic nitrogens is 2. The van der Waals surface area contributed by atoms with Crippen LogP contribution in [0.25, 0.3) is 10.6 Å². The summed E-state index contributed by atoms with van der Waals surface area (Å²) in [5.41, 5.74) is 6.81. The molecule has 1 heterocycles. The zero-order valence-electron chi connectivity index (χ0n) is 7.84. The molecule has 0 spiro atoms. The molecule has 14 heavy (non-hydrogen) atoms. The average molecular weight is 205 g/mol. The van der Waals surface area contributed by atoms with Crippen LogP contribution >= 0.6 is 11.3 Å². The molecule has 72 valence electrons. The van der Waals surface area contributed by atoms with Crippen molar-refractivity contribution < 1.29 is 0 Å². The van der Waals surface area contributed by atoms with Gasteiger partial charge in [-0.25, -0.2) is 0 Å². The van der Waals surface area contributed by atoms with E-state index < -0.39 is 0 Å². The van der Waals surface area contributed by atoms with E-state index >= 15 is 0 Å². The molecule has 4 heteroatoms. The summed E-state index contributed by atoms with van der Waals surface area (Å²) in [5, 5.41) is 9.94. The number of nitrogens with two attached hydrogens (primary N) is 1. The summed E-state index contributed by atoms with van der Waals surface area (Å²) in [6.45, 7) is 1.91. The van der Waals surface area contributed by atoms with Crippen molar-refractivity contribution in [2.75, 3.05) is 0 Å². The van der Waals surface area contributed by atoms with E-state index in [-0.39, 0.29) is 6.04 Å². The topological polar surface area (TPSA) is 51.8 Å². The predicted molar refractivity (Wildman–Crippen MR) is 57.9 cm³/mol. The molecule has 1 aromatic carbocycles. The third kappa shape index (κ3) is 1.81. The number of hydrogen-bond acceptors (Lipinski definition) is 4. The second-order valence-electron chi connectivity index (χ2n) is 3.10. The molecular weight excluding hydrogens is 194 g/mol. The van der Waals surface area contributed by atoms with Gasteiger partial charge in [0.25, 0.3) is 0 Å². The predicted octanol–water partition coefficient (Wildman–Crippen LogP) is 2.22. The van der Waals surface area contributed by atoms with Gasteiger partial charge in [-0.15, -0.1) is 10.2 Å². The lowest BCUT2D eigenvalue weighted by atomic mass is 10.2. The Labute approximate surface area is 86.6 Å². The molecule has 0 fully saturated rings. The molecule has 0 aliphatic rings. The molecule has 0 amide bonds. The number of hydrogen-bond donors (Lipinski definition) is 1. The molecule has 1 aromatic heterocycles. The van der Waals surface area contributed by atoms with Crippen LogP contribution in [0.5, 0.6) is 0 Å². The summed E-state index contributed by atoms with van der Waals surface area (Å²) in [5.74, 6) is 0. The van der Waals surface area contributed by atoms with Gasteiger partial charge < -0.3 is 5.73 Å². The van der Waals surface area contributed by atoms with Crippen LogP contribution in [0.15, 0.2) is 30.3 Å². The van der Waals surface area contributed by atoms with Gasteiger partial charge in [-0.3, -0.25) is 0 Å². The SMILES string of the molecule is CC(N)c1nnc(-c2ccccc2)s1. The van der Waals surface area contributed by atoms with Crippen molar-refractivity contribution in [3.8, 4) is 10.6 Å². The highest BCUT2D eigenvalue weighted by molar-refractivity contribution is 7.14. The number of rotatable bonds is 2. The van der Waals surface area contributed by atoms with Crippen molar-refractivity contribution in [1.29, 1.82) is 0 Å². The van der Waals surface area contributed by atoms with Gasteiger partial charge in [0, 0.05) is 5.56 Å². The molecule has 2 rings (SSSR count). The Morgan fingerprint density at radius 3 is 2.50 bits per heavy atom. The maximum absolute atomic E-state index is 5.71. The lowest BCUT2D eigenvalue weighted by Crippen LogP contribution is -2.03. The van der Waals surface area contributed by atoms with Gasteiger partial charge in [-0.05, 0) is 6.92 Å². The Morgan fingerprint density at radius 2 is 1.93 bits per heavy atom. The first-order valence-corrected chi connectivity index (χ1v) is 5.23. The van der Waals surface area contributed by atoms with Crippen molar-refractivity contribution in [2.24, 2.45) is 5.73 Å². The first-order chi connectivity index (χ1) is 6.77. The van der Waals surface area contributed by atoms with Crippen LogP contribution in [-0.4, -0.2) is 10.2 Å². The summed E-state index contributed by atoms with van der Waals surface area (Å²) in [4.78, 5) is 0. The molecular formula is C10H11N3S. The Bertz CT molecular complexity index is 408. The molecule has 2 aromatic rings. The second-order valence-corrected chi connectivity index (χ2v) is 4.11. The van der Waals surface area contributed by atoms with Gasteiger partial charge >= 0.3 is 0 Å². The van der Waals surface area contributed by atoms with Gasteiger partial charge in [0.2, 0.25) is 0 Å². The lowest BCUT2D eigenvalue weighted by Gasteiger charge is -1.95. The van der Waals surface area contributed by atoms with Crippen LogP contribution in [0.2, 0.25) is 0 Å². The van der Waals surface area contributed by atoms with Crippen molar-refractivity contribution in [1.82, 2.24) is 10.2 Å². The first kappa shape index (κ1) is 9.30. The average Bonchev–Trinajstić information content (AvgIpc) is 2.68. The standard InChI is InChI=1S/C10H11N3S/c1-7(11)9-12-13-10(14-9)8-5-3-2-4-6-8/h2-7H,11H2,1H3. The fourth-order valence-corrected chi connectivity index (χ4v) is 1.92. The Hall–Kier alpha value is -1.26. The molecule has 1 unspecified atom stereocenters. The maximum atomic E-state index is 5.71. The maximum Gasteiger partial charge on any atom is 0.147 e. The summed E-state index contributed by atoms with van der Waals surface area (Å²) < 4.78 is 0. The van der Waals surface area contributed by atoms with E-state index in [2.05, 4.69) is 10.2 Å². The van der Waals surface area contributed by atoms with Crippen molar-refractivity contribution in [2.45, 2.75) is 13.0 Å². The monoisotopic (exact) mass is 205 g/mol. The zero-order valence-corrected chi connectivity index (χ0v) is 8.66. The van der Waals surface area contributed by atoms with Crippen LogP contribution < -0.4 is 5.73 Å². The fourth-order valence-electron chi connectivity index (χ4n) is 1.12. The second kappa shape index (κ2) is 3.86. The van der Waals surface area contributed by atoms with E-state index in [1.54, 1.807) is 11.3 Å². The van der Waals surface area contributed by atoms with Gasteiger partial charge in [-0.1, -0.05) is 41.7 Å². The molecule has 0 aliphatic carbocycles. The van der Waals surface area contributed by atoms with Gasteiger partial charge in [0.05, 0.1) is 6.04 Å². The molecule has 1 atom stereocenters. The minimum atomic E-state index is -0.0371. The van der Waals surface area contributed by atoms with Crippen molar-refractivity contribution in [3.63, 3.8) is 0 Å². The van der Waals surface area contributed by atoms with Crippen molar-refractivity contribution >= 4 is 11.3 Å². The molecule has 3 nitrogen and oxygen atoms in total. The molecule has 0 bridgehead atoms. The van der Waals surface area contributed by atoms with Crippen LogP contribution in [-0.2, 0) is 0 Å². The minimum Gasteiger partial charge on any atom is -0.322 e. The minimum absolute atomic E-state index is 0.0371. The van der Waals surface area contributed by atoms with Crippen LogP contribution in [0.4, 0.5) is 0 Å². The van der Waals surface area contributed by atoms with E-state index in [9.17, 15) is 0 Å². The normalized spacial score (nSPS) is 12.7. The summed E-state index contributed by atoms with van der Waals surface area (Å²) in [7, 11) is 0. The fraction of sp³-hybridized carbons (Fsp3) is 0.200. The highest BCUT2D eigenvalue weighted by Gasteiger charge is 2.08.